The summed E-state index contributed by atoms with van der Waals surface area (Å²) >= 11 is 0. The number of carbonyl (C=O) groups is 1. The van der Waals surface area contributed by atoms with Gasteiger partial charge in [-0.05, 0) is 18.8 Å². The van der Waals surface area contributed by atoms with Crippen molar-refractivity contribution >= 4 is 5.78 Å². The van der Waals surface area contributed by atoms with E-state index in [1.54, 1.807) is 0 Å². The highest BCUT2D eigenvalue weighted by Gasteiger charge is 2.28. The van der Waals surface area contributed by atoms with Gasteiger partial charge in [-0.25, -0.2) is 0 Å². The predicted molar refractivity (Wildman–Crippen MR) is 56.0 cm³/mol. The zero-order valence-electron chi connectivity index (χ0n) is 9.16. The molecule has 2 N–H and O–H groups in total. The average Bonchev–Trinajstić information content (AvgIpc) is 2.27. The van der Waals surface area contributed by atoms with Gasteiger partial charge in [0.2, 0.25) is 0 Å². The lowest BCUT2D eigenvalue weighted by Crippen LogP contribution is -2.42. The van der Waals surface area contributed by atoms with Crippen molar-refractivity contribution in [2.24, 2.45) is 17.6 Å². The second-order valence-electron chi connectivity index (χ2n) is 4.23. The van der Waals surface area contributed by atoms with Crippen molar-refractivity contribution in [2.75, 3.05) is 13.2 Å². The van der Waals surface area contributed by atoms with Crippen molar-refractivity contribution in [3.05, 3.63) is 0 Å². The highest BCUT2D eigenvalue weighted by Crippen LogP contribution is 2.18. The van der Waals surface area contributed by atoms with E-state index in [-0.39, 0.29) is 23.7 Å². The number of carbonyl (C=O) groups excluding carboxylic acids is 1. The van der Waals surface area contributed by atoms with Crippen LogP contribution < -0.4 is 5.73 Å². The van der Waals surface area contributed by atoms with Gasteiger partial charge in [0, 0.05) is 12.5 Å². The second kappa shape index (κ2) is 5.47. The van der Waals surface area contributed by atoms with Crippen LogP contribution in [0.5, 0.6) is 0 Å². The third-order valence-electron chi connectivity index (χ3n) is 3.15. The SMILES string of the molecule is CCC(C)C(N)C(=O)C1CCCOC1. The highest BCUT2D eigenvalue weighted by atomic mass is 16.5. The van der Waals surface area contributed by atoms with Crippen LogP contribution in [0.3, 0.4) is 0 Å². The summed E-state index contributed by atoms with van der Waals surface area (Å²) in [4.78, 5) is 11.9. The molecule has 1 rings (SSSR count). The molecule has 82 valence electrons. The predicted octanol–water partition coefficient (Wildman–Crippen LogP) is 1.36. The van der Waals surface area contributed by atoms with E-state index in [0.29, 0.717) is 6.61 Å². The average molecular weight is 199 g/mol. The van der Waals surface area contributed by atoms with E-state index in [1.165, 1.54) is 0 Å². The summed E-state index contributed by atoms with van der Waals surface area (Å²) in [5.41, 5.74) is 5.90. The van der Waals surface area contributed by atoms with Crippen molar-refractivity contribution in [2.45, 2.75) is 39.2 Å². The molecule has 0 spiro atoms. The van der Waals surface area contributed by atoms with Gasteiger partial charge in [-0.2, -0.15) is 0 Å². The summed E-state index contributed by atoms with van der Waals surface area (Å²) in [6.45, 7) is 5.47. The van der Waals surface area contributed by atoms with E-state index >= 15 is 0 Å². The van der Waals surface area contributed by atoms with Gasteiger partial charge in [0.15, 0.2) is 5.78 Å². The highest BCUT2D eigenvalue weighted by molar-refractivity contribution is 5.86. The Kier molecular flexibility index (Phi) is 4.55. The lowest BCUT2D eigenvalue weighted by atomic mass is 9.87. The minimum absolute atomic E-state index is 0.0488. The fraction of sp³-hybridized carbons (Fsp3) is 0.909. The lowest BCUT2D eigenvalue weighted by Gasteiger charge is -2.26. The van der Waals surface area contributed by atoms with E-state index < -0.39 is 0 Å². The molecule has 1 saturated heterocycles. The Morgan fingerprint density at radius 1 is 1.64 bits per heavy atom. The molecule has 1 aliphatic rings. The molecule has 0 aromatic heterocycles. The molecule has 1 aliphatic heterocycles. The third-order valence-corrected chi connectivity index (χ3v) is 3.15. The maximum absolute atomic E-state index is 11.9. The summed E-state index contributed by atoms with van der Waals surface area (Å²) in [5, 5.41) is 0. The fourth-order valence-corrected chi connectivity index (χ4v) is 1.77. The van der Waals surface area contributed by atoms with Gasteiger partial charge >= 0.3 is 0 Å². The van der Waals surface area contributed by atoms with Crippen LogP contribution in [0.4, 0.5) is 0 Å². The molecule has 0 aromatic rings. The van der Waals surface area contributed by atoms with Crippen molar-refractivity contribution in [3.63, 3.8) is 0 Å². The molecule has 0 bridgehead atoms. The number of ketones is 1. The van der Waals surface area contributed by atoms with Crippen LogP contribution in [0.25, 0.3) is 0 Å². The van der Waals surface area contributed by atoms with E-state index in [2.05, 4.69) is 6.92 Å². The Labute approximate surface area is 86.0 Å². The monoisotopic (exact) mass is 199 g/mol. The number of ether oxygens (including phenoxy) is 1. The van der Waals surface area contributed by atoms with Gasteiger partial charge in [-0.3, -0.25) is 4.79 Å². The van der Waals surface area contributed by atoms with Crippen LogP contribution in [-0.4, -0.2) is 25.0 Å². The largest absolute Gasteiger partial charge is 0.381 e. The fourth-order valence-electron chi connectivity index (χ4n) is 1.77. The van der Waals surface area contributed by atoms with Crippen molar-refractivity contribution in [1.29, 1.82) is 0 Å². The molecule has 3 heteroatoms. The molecule has 0 aromatic carbocycles. The number of Topliss-reactive ketones (excluding diaryl/α,β-unsaturated/α-hetero) is 1. The van der Waals surface area contributed by atoms with Gasteiger partial charge in [0.05, 0.1) is 12.6 Å². The molecule has 0 aliphatic carbocycles. The Balaban J connectivity index is 2.46. The molecular weight excluding hydrogens is 178 g/mol. The van der Waals surface area contributed by atoms with E-state index in [0.717, 1.165) is 25.9 Å². The number of hydrogen-bond donors (Lipinski definition) is 1. The molecule has 0 saturated carbocycles. The molecule has 14 heavy (non-hydrogen) atoms. The first-order chi connectivity index (χ1) is 6.66. The van der Waals surface area contributed by atoms with E-state index in [1.807, 2.05) is 6.92 Å². The first-order valence-electron chi connectivity index (χ1n) is 5.53. The third kappa shape index (κ3) is 2.79. The minimum atomic E-state index is -0.299. The van der Waals surface area contributed by atoms with Crippen LogP contribution in [0.2, 0.25) is 0 Å². The van der Waals surface area contributed by atoms with Gasteiger partial charge < -0.3 is 10.5 Å². The molecule has 1 heterocycles. The van der Waals surface area contributed by atoms with E-state index in [4.69, 9.17) is 10.5 Å². The first kappa shape index (κ1) is 11.7. The Bertz CT molecular complexity index is 184. The smallest absolute Gasteiger partial charge is 0.155 e. The second-order valence-corrected chi connectivity index (χ2v) is 4.23. The summed E-state index contributed by atoms with van der Waals surface area (Å²) < 4.78 is 5.29. The zero-order chi connectivity index (χ0) is 10.6. The van der Waals surface area contributed by atoms with Gasteiger partial charge in [0.25, 0.3) is 0 Å². The maximum atomic E-state index is 11.9. The molecule has 3 unspecified atom stereocenters. The van der Waals surface area contributed by atoms with Crippen LogP contribution in [-0.2, 0) is 9.53 Å². The molecule has 0 radical (unpaired) electrons. The normalized spacial score (nSPS) is 26.9. The van der Waals surface area contributed by atoms with Gasteiger partial charge in [-0.1, -0.05) is 20.3 Å². The van der Waals surface area contributed by atoms with Crippen molar-refractivity contribution in [1.82, 2.24) is 0 Å². The molecule has 3 atom stereocenters. The van der Waals surface area contributed by atoms with Gasteiger partial charge in [-0.15, -0.1) is 0 Å². The molecule has 1 fully saturated rings. The summed E-state index contributed by atoms with van der Waals surface area (Å²) in [7, 11) is 0. The van der Waals surface area contributed by atoms with Crippen molar-refractivity contribution in [3.8, 4) is 0 Å². The number of nitrogens with two attached hydrogens (primary N) is 1. The van der Waals surface area contributed by atoms with Crippen LogP contribution >= 0.6 is 0 Å². The van der Waals surface area contributed by atoms with Crippen LogP contribution in [0.1, 0.15) is 33.1 Å². The number of hydrogen-bond acceptors (Lipinski definition) is 3. The summed E-state index contributed by atoms with van der Waals surface area (Å²) in [5.74, 6) is 0.524. The topological polar surface area (TPSA) is 52.3 Å². The zero-order valence-corrected chi connectivity index (χ0v) is 9.16. The summed E-state index contributed by atoms with van der Waals surface area (Å²) in [6.07, 6.45) is 2.90. The maximum Gasteiger partial charge on any atom is 0.155 e. The van der Waals surface area contributed by atoms with Crippen molar-refractivity contribution < 1.29 is 9.53 Å². The molecule has 3 nitrogen and oxygen atoms in total. The molecular formula is C11H21NO2. The summed E-state index contributed by atoms with van der Waals surface area (Å²) in [6, 6.07) is -0.299. The first-order valence-corrected chi connectivity index (χ1v) is 5.53. The lowest BCUT2D eigenvalue weighted by molar-refractivity contribution is -0.129. The molecule has 0 amide bonds. The Morgan fingerprint density at radius 2 is 2.36 bits per heavy atom. The van der Waals surface area contributed by atoms with E-state index in [9.17, 15) is 4.79 Å². The number of rotatable bonds is 4. The quantitative estimate of drug-likeness (QED) is 0.743. The Morgan fingerprint density at radius 3 is 2.86 bits per heavy atom. The van der Waals surface area contributed by atoms with Gasteiger partial charge in [0.1, 0.15) is 0 Å². The standard InChI is InChI=1S/C11H21NO2/c1-3-8(2)10(12)11(13)9-5-4-6-14-7-9/h8-10H,3-7,12H2,1-2H3. The van der Waals surface area contributed by atoms with Crippen LogP contribution in [0.15, 0.2) is 0 Å². The van der Waals surface area contributed by atoms with Crippen LogP contribution in [0, 0.1) is 11.8 Å². The minimum Gasteiger partial charge on any atom is -0.381 e. The Hall–Kier alpha value is -0.410.